The van der Waals surface area contributed by atoms with E-state index in [-0.39, 0.29) is 0 Å². The molecule has 6 nitrogen and oxygen atoms in total. The monoisotopic (exact) mass is 285 g/mol. The molecule has 0 fully saturated rings. The Balaban J connectivity index is 2.09. The summed E-state index contributed by atoms with van der Waals surface area (Å²) >= 11 is 0. The van der Waals surface area contributed by atoms with Crippen molar-refractivity contribution in [3.05, 3.63) is 17.5 Å². The zero-order valence-electron chi connectivity index (χ0n) is 12.9. The Kier molecular flexibility index (Phi) is 9.23. The van der Waals surface area contributed by atoms with E-state index in [9.17, 15) is 0 Å². The largest absolute Gasteiger partial charge is 0.382 e. The van der Waals surface area contributed by atoms with Crippen molar-refractivity contribution in [2.45, 2.75) is 26.9 Å². The Hall–Kier alpha value is -0.950. The van der Waals surface area contributed by atoms with E-state index in [1.165, 1.54) is 5.56 Å². The molecule has 0 atom stereocenters. The molecule has 0 aromatic carbocycles. The number of ether oxygens (including phenoxy) is 3. The van der Waals surface area contributed by atoms with Crippen LogP contribution in [0.15, 0.2) is 6.20 Å². The quantitative estimate of drug-likeness (QED) is 0.580. The second-order valence-electron chi connectivity index (χ2n) is 4.50. The van der Waals surface area contributed by atoms with E-state index in [2.05, 4.69) is 23.5 Å². The van der Waals surface area contributed by atoms with Gasteiger partial charge in [-0.1, -0.05) is 6.92 Å². The maximum atomic E-state index is 5.51. The highest BCUT2D eigenvalue weighted by Gasteiger charge is 2.03. The first-order valence-corrected chi connectivity index (χ1v) is 7.16. The van der Waals surface area contributed by atoms with Crippen molar-refractivity contribution in [2.24, 2.45) is 0 Å². The summed E-state index contributed by atoms with van der Waals surface area (Å²) < 4.78 is 17.6. The van der Waals surface area contributed by atoms with Crippen molar-refractivity contribution >= 4 is 0 Å². The maximum absolute atomic E-state index is 5.51. The van der Waals surface area contributed by atoms with E-state index in [0.717, 1.165) is 25.3 Å². The average Bonchev–Trinajstić information content (AvgIpc) is 2.80. The first-order valence-electron chi connectivity index (χ1n) is 7.16. The molecular weight excluding hydrogens is 258 g/mol. The lowest BCUT2D eigenvalue weighted by Crippen LogP contribution is -2.12. The van der Waals surface area contributed by atoms with Crippen LogP contribution in [-0.4, -0.2) is 56.5 Å². The van der Waals surface area contributed by atoms with E-state index in [1.54, 1.807) is 7.11 Å². The van der Waals surface area contributed by atoms with Crippen LogP contribution in [0.5, 0.6) is 0 Å². The SMILES string of the molecule is CCNCc1cn(CCOCCOCCOC)nc1C. The fraction of sp³-hybridized carbons (Fsp3) is 0.786. The van der Waals surface area contributed by atoms with E-state index in [1.807, 2.05) is 11.6 Å². The topological polar surface area (TPSA) is 57.5 Å². The predicted molar refractivity (Wildman–Crippen MR) is 77.9 cm³/mol. The summed E-state index contributed by atoms with van der Waals surface area (Å²) in [6, 6.07) is 0. The van der Waals surface area contributed by atoms with Crippen molar-refractivity contribution in [3.8, 4) is 0 Å². The first kappa shape index (κ1) is 17.1. The highest BCUT2D eigenvalue weighted by molar-refractivity contribution is 5.14. The summed E-state index contributed by atoms with van der Waals surface area (Å²) in [5, 5.41) is 7.78. The Bertz CT molecular complexity index is 355. The van der Waals surface area contributed by atoms with Crippen LogP contribution >= 0.6 is 0 Å². The zero-order valence-corrected chi connectivity index (χ0v) is 12.9. The van der Waals surface area contributed by atoms with Crippen molar-refractivity contribution in [2.75, 3.05) is 46.7 Å². The van der Waals surface area contributed by atoms with E-state index in [4.69, 9.17) is 14.2 Å². The van der Waals surface area contributed by atoms with Crippen molar-refractivity contribution in [3.63, 3.8) is 0 Å². The minimum Gasteiger partial charge on any atom is -0.382 e. The molecule has 0 spiro atoms. The molecule has 0 saturated heterocycles. The lowest BCUT2D eigenvalue weighted by Gasteiger charge is -2.05. The van der Waals surface area contributed by atoms with Gasteiger partial charge in [0.2, 0.25) is 0 Å². The third-order valence-corrected chi connectivity index (χ3v) is 2.88. The Morgan fingerprint density at radius 2 is 1.85 bits per heavy atom. The summed E-state index contributed by atoms with van der Waals surface area (Å²) in [6.45, 7) is 9.85. The molecule has 0 bridgehead atoms. The van der Waals surface area contributed by atoms with Crippen LogP contribution in [0.2, 0.25) is 0 Å². The van der Waals surface area contributed by atoms with Gasteiger partial charge >= 0.3 is 0 Å². The molecule has 1 heterocycles. The predicted octanol–water partition coefficient (Wildman–Crippen LogP) is 0.981. The Morgan fingerprint density at radius 3 is 2.55 bits per heavy atom. The number of methoxy groups -OCH3 is 1. The molecule has 1 N–H and O–H groups in total. The smallest absolute Gasteiger partial charge is 0.0701 e. The second-order valence-corrected chi connectivity index (χ2v) is 4.50. The zero-order chi connectivity index (χ0) is 14.6. The fourth-order valence-corrected chi connectivity index (χ4v) is 1.73. The van der Waals surface area contributed by atoms with E-state index >= 15 is 0 Å². The number of aryl methyl sites for hydroxylation is 1. The minimum atomic E-state index is 0.604. The fourth-order valence-electron chi connectivity index (χ4n) is 1.73. The highest BCUT2D eigenvalue weighted by Crippen LogP contribution is 2.04. The molecule has 0 radical (unpaired) electrons. The molecule has 20 heavy (non-hydrogen) atoms. The first-order chi connectivity index (χ1) is 9.77. The number of hydrogen-bond acceptors (Lipinski definition) is 5. The van der Waals surface area contributed by atoms with Gasteiger partial charge in [0.15, 0.2) is 0 Å². The molecule has 0 saturated carbocycles. The molecule has 0 unspecified atom stereocenters. The van der Waals surface area contributed by atoms with Crippen molar-refractivity contribution < 1.29 is 14.2 Å². The average molecular weight is 285 g/mol. The Labute approximate surface area is 121 Å². The molecule has 1 aromatic heterocycles. The molecule has 0 aliphatic carbocycles. The standard InChI is InChI=1S/C14H27N3O3/c1-4-15-11-14-12-17(16-13(14)2)5-6-19-9-10-20-8-7-18-3/h12,15H,4-11H2,1-3H3. The molecule has 1 rings (SSSR count). The molecular formula is C14H27N3O3. The van der Waals surface area contributed by atoms with Crippen LogP contribution in [0.4, 0.5) is 0 Å². The normalized spacial score (nSPS) is 11.2. The van der Waals surface area contributed by atoms with Gasteiger partial charge in [0, 0.05) is 25.4 Å². The van der Waals surface area contributed by atoms with E-state index < -0.39 is 0 Å². The number of aromatic nitrogens is 2. The molecule has 0 aliphatic heterocycles. The molecule has 116 valence electrons. The van der Waals surface area contributed by atoms with Gasteiger partial charge in [-0.2, -0.15) is 5.10 Å². The van der Waals surface area contributed by atoms with Gasteiger partial charge < -0.3 is 19.5 Å². The van der Waals surface area contributed by atoms with Gasteiger partial charge in [0.1, 0.15) is 0 Å². The summed E-state index contributed by atoms with van der Waals surface area (Å²) in [7, 11) is 1.66. The summed E-state index contributed by atoms with van der Waals surface area (Å²) in [4.78, 5) is 0. The third kappa shape index (κ3) is 7.00. The number of nitrogens with zero attached hydrogens (tertiary/aromatic N) is 2. The van der Waals surface area contributed by atoms with Crippen LogP contribution in [0, 0.1) is 6.92 Å². The van der Waals surface area contributed by atoms with Crippen molar-refractivity contribution in [1.82, 2.24) is 15.1 Å². The van der Waals surface area contributed by atoms with Crippen LogP contribution in [-0.2, 0) is 27.3 Å². The lowest BCUT2D eigenvalue weighted by atomic mass is 10.2. The van der Waals surface area contributed by atoms with E-state index in [0.29, 0.717) is 33.0 Å². The number of rotatable bonds is 12. The summed E-state index contributed by atoms with van der Waals surface area (Å²) in [5.41, 5.74) is 2.32. The van der Waals surface area contributed by atoms with Gasteiger partial charge in [0.05, 0.1) is 45.3 Å². The second kappa shape index (κ2) is 10.8. The van der Waals surface area contributed by atoms with Crippen LogP contribution in [0.25, 0.3) is 0 Å². The molecule has 6 heteroatoms. The summed E-state index contributed by atoms with van der Waals surface area (Å²) in [5.74, 6) is 0. The van der Waals surface area contributed by atoms with Crippen molar-refractivity contribution in [1.29, 1.82) is 0 Å². The third-order valence-electron chi connectivity index (χ3n) is 2.88. The molecule has 1 aromatic rings. The number of nitrogens with one attached hydrogen (secondary N) is 1. The minimum absolute atomic E-state index is 0.604. The molecule has 0 amide bonds. The van der Waals surface area contributed by atoms with Crippen LogP contribution in [0.1, 0.15) is 18.2 Å². The van der Waals surface area contributed by atoms with Gasteiger partial charge in [0.25, 0.3) is 0 Å². The number of hydrogen-bond donors (Lipinski definition) is 1. The van der Waals surface area contributed by atoms with Crippen LogP contribution in [0.3, 0.4) is 0 Å². The van der Waals surface area contributed by atoms with Gasteiger partial charge in [-0.3, -0.25) is 4.68 Å². The summed E-state index contributed by atoms with van der Waals surface area (Å²) in [6.07, 6.45) is 2.08. The maximum Gasteiger partial charge on any atom is 0.0701 e. The highest BCUT2D eigenvalue weighted by atomic mass is 16.5. The lowest BCUT2D eigenvalue weighted by molar-refractivity contribution is 0.0225. The molecule has 0 aliphatic rings. The van der Waals surface area contributed by atoms with Crippen LogP contribution < -0.4 is 5.32 Å². The van der Waals surface area contributed by atoms with Gasteiger partial charge in [-0.25, -0.2) is 0 Å². The Morgan fingerprint density at radius 1 is 1.15 bits per heavy atom. The van der Waals surface area contributed by atoms with Gasteiger partial charge in [-0.15, -0.1) is 0 Å². The van der Waals surface area contributed by atoms with Gasteiger partial charge in [-0.05, 0) is 13.5 Å².